The summed E-state index contributed by atoms with van der Waals surface area (Å²) in [6.45, 7) is 11.4. The standard InChI is InChI=1S/C21H34N4O5S.C16H25ClN4O4S/c1-16(2)31(27,28)24-12-10-23(11-13-24)18-15-22-25(19-9-5-6-14-29-19)21(26)20(18)30-17-7-3-4-8-17;1-12(2)26(23,24)20-8-6-19(7-9-20)13-11-18-21(16(22)15(13)17)14-5-3-4-10-25-14/h15-17,19H,3-14H2,1-2H3;11-12,14H,3-10H2,1-2H3. The molecule has 6 heterocycles. The highest BCUT2D eigenvalue weighted by molar-refractivity contribution is 7.90. The van der Waals surface area contributed by atoms with E-state index in [9.17, 15) is 26.4 Å². The number of sulfonamides is 2. The first-order chi connectivity index (χ1) is 27.2. The predicted molar refractivity (Wildman–Crippen MR) is 218 cm³/mol. The van der Waals surface area contributed by atoms with Gasteiger partial charge in [0.25, 0.3) is 5.56 Å². The van der Waals surface area contributed by atoms with E-state index in [0.717, 1.165) is 64.2 Å². The van der Waals surface area contributed by atoms with Gasteiger partial charge in [-0.15, -0.1) is 0 Å². The topological polar surface area (TPSA) is 179 Å². The van der Waals surface area contributed by atoms with Gasteiger partial charge in [0.15, 0.2) is 12.5 Å². The fraction of sp³-hybridized carbons (Fsp3) is 0.784. The van der Waals surface area contributed by atoms with Crippen molar-refractivity contribution in [3.05, 3.63) is 38.1 Å². The first kappa shape index (κ1) is 43.8. The minimum atomic E-state index is -3.29. The summed E-state index contributed by atoms with van der Waals surface area (Å²) in [5.41, 5.74) is 0.581. The maximum Gasteiger partial charge on any atom is 0.313 e. The number of rotatable bonds is 10. The highest BCUT2D eigenvalue weighted by Crippen LogP contribution is 2.32. The van der Waals surface area contributed by atoms with Gasteiger partial charge in [0.2, 0.25) is 25.8 Å². The molecule has 17 nitrogen and oxygen atoms in total. The molecule has 1 aliphatic carbocycles. The summed E-state index contributed by atoms with van der Waals surface area (Å²) in [6, 6.07) is 0. The van der Waals surface area contributed by atoms with E-state index in [1.54, 1.807) is 40.1 Å². The van der Waals surface area contributed by atoms with Gasteiger partial charge in [-0.1, -0.05) is 11.6 Å². The predicted octanol–water partition coefficient (Wildman–Crippen LogP) is 3.58. The quantitative estimate of drug-likeness (QED) is 0.339. The van der Waals surface area contributed by atoms with Crippen LogP contribution in [-0.4, -0.2) is 127 Å². The van der Waals surface area contributed by atoms with Gasteiger partial charge < -0.3 is 24.0 Å². The van der Waals surface area contributed by atoms with Gasteiger partial charge in [0.1, 0.15) is 10.7 Å². The van der Waals surface area contributed by atoms with Crippen LogP contribution in [0, 0.1) is 0 Å². The Bertz CT molecular complexity index is 2000. The molecule has 0 spiro atoms. The average Bonchev–Trinajstić information content (AvgIpc) is 3.74. The lowest BCUT2D eigenvalue weighted by molar-refractivity contribution is -0.0431. The molecule has 2 unspecified atom stereocenters. The van der Waals surface area contributed by atoms with Crippen molar-refractivity contribution in [3.63, 3.8) is 0 Å². The lowest BCUT2D eigenvalue weighted by Crippen LogP contribution is -2.51. The molecule has 0 bridgehead atoms. The van der Waals surface area contributed by atoms with E-state index >= 15 is 0 Å². The van der Waals surface area contributed by atoms with Gasteiger partial charge in [0.05, 0.1) is 34.7 Å². The molecular weight excluding hydrogens is 800 g/mol. The Kier molecular flexibility index (Phi) is 14.6. The number of ether oxygens (including phenoxy) is 3. The van der Waals surface area contributed by atoms with Crippen LogP contribution >= 0.6 is 11.6 Å². The molecule has 0 aromatic carbocycles. The van der Waals surface area contributed by atoms with Crippen LogP contribution in [0.25, 0.3) is 0 Å². The van der Waals surface area contributed by atoms with E-state index in [-0.39, 0.29) is 34.7 Å². The van der Waals surface area contributed by atoms with Crippen LogP contribution in [0.4, 0.5) is 11.4 Å². The maximum absolute atomic E-state index is 13.4. The number of anilines is 2. The summed E-state index contributed by atoms with van der Waals surface area (Å²) in [7, 11) is -6.56. The molecule has 4 aliphatic heterocycles. The smallest absolute Gasteiger partial charge is 0.313 e. The van der Waals surface area contributed by atoms with Crippen LogP contribution in [0.2, 0.25) is 5.02 Å². The number of halogens is 1. The molecule has 57 heavy (non-hydrogen) atoms. The average molecular weight is 860 g/mol. The van der Waals surface area contributed by atoms with Crippen molar-refractivity contribution in [2.45, 2.75) is 121 Å². The molecule has 2 aromatic heterocycles. The van der Waals surface area contributed by atoms with E-state index in [1.165, 1.54) is 18.0 Å². The largest absolute Gasteiger partial charge is 0.483 e. The van der Waals surface area contributed by atoms with Crippen LogP contribution in [0.3, 0.4) is 0 Å². The Labute approximate surface area is 341 Å². The summed E-state index contributed by atoms with van der Waals surface area (Å²) in [4.78, 5) is 29.9. The molecule has 4 saturated heterocycles. The van der Waals surface area contributed by atoms with Gasteiger partial charge in [-0.25, -0.2) is 16.8 Å². The van der Waals surface area contributed by atoms with E-state index in [2.05, 4.69) is 10.2 Å². The summed E-state index contributed by atoms with van der Waals surface area (Å²) >= 11 is 6.33. The SMILES string of the molecule is CC(C)S(=O)(=O)N1CCN(c2cnn(C3CCCCO3)c(=O)c2Cl)CC1.CC(C)S(=O)(=O)N1CCN(c2cnn(C3CCCCO3)c(=O)c2OC2CCCC2)CC1. The molecule has 2 atom stereocenters. The van der Waals surface area contributed by atoms with E-state index in [0.29, 0.717) is 82.7 Å². The van der Waals surface area contributed by atoms with Crippen molar-refractivity contribution >= 4 is 43.0 Å². The maximum atomic E-state index is 13.4. The third-order valence-corrected chi connectivity index (χ3v) is 16.3. The molecule has 0 radical (unpaired) electrons. The molecule has 0 amide bonds. The first-order valence-electron chi connectivity index (χ1n) is 20.5. The van der Waals surface area contributed by atoms with Crippen LogP contribution in [0.15, 0.2) is 22.0 Å². The number of piperazine rings is 2. The molecule has 5 aliphatic rings. The van der Waals surface area contributed by atoms with Crippen LogP contribution in [-0.2, 0) is 29.5 Å². The molecule has 1 saturated carbocycles. The van der Waals surface area contributed by atoms with Crippen LogP contribution < -0.4 is 25.7 Å². The molecular formula is C37H59ClN8O9S2. The van der Waals surface area contributed by atoms with Crippen molar-refractivity contribution in [1.29, 1.82) is 0 Å². The second-order valence-electron chi connectivity index (χ2n) is 15.8. The summed E-state index contributed by atoms with van der Waals surface area (Å²) in [5, 5.41) is 7.91. The first-order valence-corrected chi connectivity index (χ1v) is 23.9. The monoisotopic (exact) mass is 858 g/mol. The Morgan fingerprint density at radius 3 is 1.49 bits per heavy atom. The summed E-state index contributed by atoms with van der Waals surface area (Å²) < 4.78 is 73.0. The highest BCUT2D eigenvalue weighted by Gasteiger charge is 2.34. The van der Waals surface area contributed by atoms with Gasteiger partial charge in [-0.2, -0.15) is 28.2 Å². The Hall–Kier alpha value is -2.81. The highest BCUT2D eigenvalue weighted by atomic mass is 35.5. The van der Waals surface area contributed by atoms with E-state index in [4.69, 9.17) is 25.8 Å². The lowest BCUT2D eigenvalue weighted by Gasteiger charge is -2.36. The zero-order valence-corrected chi connectivity index (χ0v) is 36.0. The molecule has 2 aromatic rings. The second kappa shape index (κ2) is 19.1. The Morgan fingerprint density at radius 2 is 1.05 bits per heavy atom. The Morgan fingerprint density at radius 1 is 0.632 bits per heavy atom. The fourth-order valence-corrected chi connectivity index (χ4v) is 10.6. The van der Waals surface area contributed by atoms with Crippen molar-refractivity contribution in [2.75, 3.05) is 75.4 Å². The van der Waals surface area contributed by atoms with Gasteiger partial charge in [-0.3, -0.25) is 9.59 Å². The van der Waals surface area contributed by atoms with Crippen LogP contribution in [0.5, 0.6) is 5.75 Å². The lowest BCUT2D eigenvalue weighted by atomic mass is 10.2. The molecule has 7 rings (SSSR count). The van der Waals surface area contributed by atoms with Crippen LogP contribution in [0.1, 0.15) is 104 Å². The van der Waals surface area contributed by atoms with Crippen molar-refractivity contribution in [2.24, 2.45) is 0 Å². The van der Waals surface area contributed by atoms with E-state index in [1.807, 2.05) is 9.80 Å². The van der Waals surface area contributed by atoms with Crippen molar-refractivity contribution < 1.29 is 31.0 Å². The Balaban J connectivity index is 0.000000196. The van der Waals surface area contributed by atoms with Gasteiger partial charge >= 0.3 is 5.56 Å². The van der Waals surface area contributed by atoms with Gasteiger partial charge in [0, 0.05) is 65.6 Å². The van der Waals surface area contributed by atoms with E-state index < -0.39 is 30.5 Å². The van der Waals surface area contributed by atoms with Gasteiger partial charge in [-0.05, 0) is 91.9 Å². The zero-order valence-electron chi connectivity index (χ0n) is 33.6. The normalized spacial score (nSPS) is 23.5. The summed E-state index contributed by atoms with van der Waals surface area (Å²) in [6.07, 6.45) is 12.2. The number of hydrogen-bond donors (Lipinski definition) is 0. The minimum Gasteiger partial charge on any atom is -0.483 e. The third-order valence-electron chi connectivity index (χ3n) is 11.4. The number of nitrogens with zero attached hydrogens (tertiary/aromatic N) is 8. The fourth-order valence-electron chi connectivity index (χ4n) is 7.81. The number of aromatic nitrogens is 4. The minimum absolute atomic E-state index is 0.0391. The molecule has 320 valence electrons. The molecule has 20 heteroatoms. The van der Waals surface area contributed by atoms with Crippen molar-refractivity contribution in [3.8, 4) is 5.75 Å². The number of hydrogen-bond acceptors (Lipinski definition) is 13. The van der Waals surface area contributed by atoms with Crippen molar-refractivity contribution in [1.82, 2.24) is 28.2 Å². The molecule has 0 N–H and O–H groups in total. The second-order valence-corrected chi connectivity index (χ2v) is 21.2. The molecule has 5 fully saturated rings. The summed E-state index contributed by atoms with van der Waals surface area (Å²) in [5.74, 6) is 0.330. The third kappa shape index (κ3) is 9.98. The zero-order chi connectivity index (χ0) is 40.9.